The minimum atomic E-state index is 0.339. The zero-order chi connectivity index (χ0) is 11.7. The number of thiazole rings is 1. The first-order valence-electron chi connectivity index (χ1n) is 5.25. The summed E-state index contributed by atoms with van der Waals surface area (Å²) in [6.07, 6.45) is 3.74. The summed E-state index contributed by atoms with van der Waals surface area (Å²) in [4.78, 5) is 10.2. The van der Waals surface area contributed by atoms with E-state index in [9.17, 15) is 0 Å². The van der Waals surface area contributed by atoms with Crippen LogP contribution in [0.4, 0.5) is 0 Å². The van der Waals surface area contributed by atoms with Crippen molar-refractivity contribution in [2.75, 3.05) is 7.05 Å². The van der Waals surface area contributed by atoms with Gasteiger partial charge in [-0.1, -0.05) is 0 Å². The molecule has 16 heavy (non-hydrogen) atoms. The van der Waals surface area contributed by atoms with Gasteiger partial charge in [-0.05, 0) is 20.9 Å². The second kappa shape index (κ2) is 4.35. The van der Waals surface area contributed by atoms with E-state index in [0.717, 1.165) is 16.5 Å². The Morgan fingerprint density at radius 1 is 1.50 bits per heavy atom. The largest absolute Gasteiger partial charge is 0.332 e. The minimum absolute atomic E-state index is 0.339. The molecule has 1 N–H and O–H groups in total. The Labute approximate surface area is 99.4 Å². The molecular formula is C11H16N4S. The number of hydrogen-bond acceptors (Lipinski definition) is 4. The maximum Gasteiger partial charge on any atom is 0.168 e. The topological polar surface area (TPSA) is 42.7 Å². The highest BCUT2D eigenvalue weighted by atomic mass is 32.1. The maximum atomic E-state index is 4.58. The highest BCUT2D eigenvalue weighted by Crippen LogP contribution is 2.30. The van der Waals surface area contributed by atoms with Gasteiger partial charge in [-0.3, -0.25) is 0 Å². The molecule has 0 bridgehead atoms. The number of hydrogen-bond donors (Lipinski definition) is 1. The molecule has 0 aliphatic heterocycles. The molecule has 0 amide bonds. The van der Waals surface area contributed by atoms with Crippen LogP contribution in [0.2, 0.25) is 0 Å². The van der Waals surface area contributed by atoms with Gasteiger partial charge in [-0.25, -0.2) is 9.97 Å². The van der Waals surface area contributed by atoms with Crippen LogP contribution >= 0.6 is 11.3 Å². The fourth-order valence-electron chi connectivity index (χ4n) is 1.61. The van der Waals surface area contributed by atoms with Crippen molar-refractivity contribution in [1.82, 2.24) is 19.9 Å². The van der Waals surface area contributed by atoms with Gasteiger partial charge in [-0.15, -0.1) is 11.3 Å². The van der Waals surface area contributed by atoms with Crippen LogP contribution in [0.15, 0.2) is 12.4 Å². The molecule has 2 aromatic rings. The molecule has 0 radical (unpaired) electrons. The van der Waals surface area contributed by atoms with Gasteiger partial charge in [0.2, 0.25) is 0 Å². The lowest BCUT2D eigenvalue weighted by molar-refractivity contribution is 0.658. The summed E-state index contributed by atoms with van der Waals surface area (Å²) in [5.74, 6) is 0.933. The number of nitrogens with zero attached hydrogens (tertiary/aromatic N) is 3. The first-order chi connectivity index (χ1) is 7.63. The Morgan fingerprint density at radius 2 is 2.25 bits per heavy atom. The van der Waals surface area contributed by atoms with E-state index in [-0.39, 0.29) is 0 Å². The first kappa shape index (κ1) is 11.3. The molecule has 0 aliphatic rings. The summed E-state index contributed by atoms with van der Waals surface area (Å²) in [5, 5.41) is 4.23. The average Bonchev–Trinajstić information content (AvgIpc) is 2.83. The van der Waals surface area contributed by atoms with Gasteiger partial charge >= 0.3 is 0 Å². The van der Waals surface area contributed by atoms with E-state index in [4.69, 9.17) is 0 Å². The molecule has 0 fully saturated rings. The zero-order valence-electron chi connectivity index (χ0n) is 9.98. The molecular weight excluding hydrogens is 220 g/mol. The average molecular weight is 236 g/mol. The molecule has 0 spiro atoms. The van der Waals surface area contributed by atoms with Gasteiger partial charge < -0.3 is 9.88 Å². The summed E-state index contributed by atoms with van der Waals surface area (Å²) in [6.45, 7) is 4.19. The van der Waals surface area contributed by atoms with Crippen LogP contribution < -0.4 is 5.32 Å². The summed E-state index contributed by atoms with van der Waals surface area (Å²) >= 11 is 1.71. The second-order valence-corrected chi connectivity index (χ2v) is 4.87. The first-order valence-corrected chi connectivity index (χ1v) is 6.07. The highest BCUT2D eigenvalue weighted by Gasteiger charge is 2.15. The van der Waals surface area contributed by atoms with Crippen LogP contribution in [-0.4, -0.2) is 21.6 Å². The molecule has 0 aromatic carbocycles. The highest BCUT2D eigenvalue weighted by molar-refractivity contribution is 7.15. The standard InChI is InChI=1S/C11H16N4S/c1-7(12-3)9-8(2)14-11(16-9)10-13-5-6-15(10)4/h5-7,12H,1-4H3. The fourth-order valence-corrected chi connectivity index (χ4v) is 2.78. The molecule has 1 atom stereocenters. The smallest absolute Gasteiger partial charge is 0.168 e. The van der Waals surface area contributed by atoms with Gasteiger partial charge in [0.05, 0.1) is 5.69 Å². The molecule has 0 saturated carbocycles. The lowest BCUT2D eigenvalue weighted by Crippen LogP contribution is -2.11. The van der Waals surface area contributed by atoms with Crippen molar-refractivity contribution in [3.63, 3.8) is 0 Å². The van der Waals surface area contributed by atoms with Crippen molar-refractivity contribution >= 4 is 11.3 Å². The van der Waals surface area contributed by atoms with Gasteiger partial charge in [0.1, 0.15) is 0 Å². The Hall–Kier alpha value is -1.20. The van der Waals surface area contributed by atoms with Crippen molar-refractivity contribution in [2.45, 2.75) is 19.9 Å². The van der Waals surface area contributed by atoms with Crippen LogP contribution in [0.25, 0.3) is 10.8 Å². The molecule has 5 heteroatoms. The summed E-state index contributed by atoms with van der Waals surface area (Å²) in [7, 11) is 3.95. The number of rotatable bonds is 3. The number of aryl methyl sites for hydroxylation is 2. The number of nitrogens with one attached hydrogen (secondary N) is 1. The lowest BCUT2D eigenvalue weighted by Gasteiger charge is -2.06. The van der Waals surface area contributed by atoms with Gasteiger partial charge in [-0.2, -0.15) is 0 Å². The Balaban J connectivity index is 2.42. The third-order valence-electron chi connectivity index (χ3n) is 2.67. The zero-order valence-corrected chi connectivity index (χ0v) is 10.8. The Bertz CT molecular complexity index is 486. The van der Waals surface area contributed by atoms with Gasteiger partial charge in [0, 0.05) is 30.4 Å². The molecule has 2 aromatic heterocycles. The Kier molecular flexibility index (Phi) is 3.07. The van der Waals surface area contributed by atoms with Crippen molar-refractivity contribution in [1.29, 1.82) is 0 Å². The van der Waals surface area contributed by atoms with Gasteiger partial charge in [0.15, 0.2) is 10.8 Å². The molecule has 1 unspecified atom stereocenters. The van der Waals surface area contributed by atoms with E-state index >= 15 is 0 Å². The van der Waals surface area contributed by atoms with Crippen molar-refractivity contribution < 1.29 is 0 Å². The van der Waals surface area contributed by atoms with Crippen LogP contribution in [0.3, 0.4) is 0 Å². The van der Waals surface area contributed by atoms with Crippen LogP contribution in [0.5, 0.6) is 0 Å². The monoisotopic (exact) mass is 236 g/mol. The molecule has 0 aliphatic carbocycles. The molecule has 2 heterocycles. The maximum absolute atomic E-state index is 4.58. The second-order valence-electron chi connectivity index (χ2n) is 3.84. The van der Waals surface area contributed by atoms with Crippen molar-refractivity contribution in [2.24, 2.45) is 7.05 Å². The minimum Gasteiger partial charge on any atom is -0.332 e. The predicted octanol–water partition coefficient (Wildman–Crippen LogP) is 2.13. The predicted molar refractivity (Wildman–Crippen MR) is 66.5 cm³/mol. The summed E-state index contributed by atoms with van der Waals surface area (Å²) in [6, 6.07) is 0.339. The fraction of sp³-hybridized carbons (Fsp3) is 0.455. The van der Waals surface area contributed by atoms with E-state index in [0.29, 0.717) is 6.04 Å². The van der Waals surface area contributed by atoms with Crippen LogP contribution in [-0.2, 0) is 7.05 Å². The summed E-state index contributed by atoms with van der Waals surface area (Å²) < 4.78 is 1.99. The van der Waals surface area contributed by atoms with Crippen molar-refractivity contribution in [3.05, 3.63) is 23.0 Å². The van der Waals surface area contributed by atoms with E-state index in [1.807, 2.05) is 31.8 Å². The lowest BCUT2D eigenvalue weighted by atomic mass is 10.2. The quantitative estimate of drug-likeness (QED) is 0.887. The summed E-state index contributed by atoms with van der Waals surface area (Å²) in [5.41, 5.74) is 1.09. The third-order valence-corrected chi connectivity index (χ3v) is 4.01. The Morgan fingerprint density at radius 3 is 2.81 bits per heavy atom. The molecule has 0 saturated heterocycles. The number of aromatic nitrogens is 3. The third kappa shape index (κ3) is 1.88. The molecule has 2 rings (SSSR count). The normalized spacial score (nSPS) is 13.0. The molecule has 86 valence electrons. The van der Waals surface area contributed by atoms with Gasteiger partial charge in [0.25, 0.3) is 0 Å². The number of imidazole rings is 1. The van der Waals surface area contributed by atoms with E-state index in [1.165, 1.54) is 4.88 Å². The van der Waals surface area contributed by atoms with E-state index in [1.54, 1.807) is 17.5 Å². The van der Waals surface area contributed by atoms with E-state index in [2.05, 4.69) is 22.2 Å². The van der Waals surface area contributed by atoms with Crippen LogP contribution in [0, 0.1) is 6.92 Å². The molecule has 4 nitrogen and oxygen atoms in total. The van der Waals surface area contributed by atoms with Crippen molar-refractivity contribution in [3.8, 4) is 10.8 Å². The van der Waals surface area contributed by atoms with E-state index < -0.39 is 0 Å². The SMILES string of the molecule is CNC(C)c1sc(-c2nccn2C)nc1C. The van der Waals surface area contributed by atoms with Crippen LogP contribution in [0.1, 0.15) is 23.5 Å².